The minimum absolute atomic E-state index is 0.0221. The van der Waals surface area contributed by atoms with Gasteiger partial charge < -0.3 is 0 Å². The highest BCUT2D eigenvalue weighted by Gasteiger charge is 2.31. The van der Waals surface area contributed by atoms with E-state index < -0.39 is 0 Å². The van der Waals surface area contributed by atoms with Crippen LogP contribution in [0.15, 0.2) is 36.7 Å². The fourth-order valence-electron chi connectivity index (χ4n) is 2.21. The van der Waals surface area contributed by atoms with Crippen LogP contribution in [0.1, 0.15) is 6.42 Å². The van der Waals surface area contributed by atoms with Crippen LogP contribution in [0.25, 0.3) is 11.4 Å². The standard InChI is InChI=1S/C14H13ClN4O/c15-8-10-7-13(20)19(9-10)14-17-6-4-12(18-14)11-3-1-2-5-16-11/h1-6,10H,7-9H2. The van der Waals surface area contributed by atoms with Gasteiger partial charge in [0.15, 0.2) is 0 Å². The van der Waals surface area contributed by atoms with Crippen molar-refractivity contribution in [3.8, 4) is 11.4 Å². The Morgan fingerprint density at radius 3 is 2.80 bits per heavy atom. The largest absolute Gasteiger partial charge is 0.280 e. The Hall–Kier alpha value is -2.01. The van der Waals surface area contributed by atoms with Crippen molar-refractivity contribution in [3.63, 3.8) is 0 Å². The van der Waals surface area contributed by atoms with E-state index in [2.05, 4.69) is 15.0 Å². The SMILES string of the molecule is O=C1CC(CCl)CN1c1nccc(-c2ccccn2)n1. The quantitative estimate of drug-likeness (QED) is 0.812. The molecule has 3 heterocycles. The molecule has 2 aromatic heterocycles. The molecule has 20 heavy (non-hydrogen) atoms. The van der Waals surface area contributed by atoms with Crippen LogP contribution in [0, 0.1) is 5.92 Å². The smallest absolute Gasteiger partial charge is 0.232 e. The van der Waals surface area contributed by atoms with Crippen molar-refractivity contribution < 1.29 is 4.79 Å². The van der Waals surface area contributed by atoms with Crippen molar-refractivity contribution in [2.75, 3.05) is 17.3 Å². The summed E-state index contributed by atoms with van der Waals surface area (Å²) in [7, 11) is 0. The number of aromatic nitrogens is 3. The number of hydrogen-bond acceptors (Lipinski definition) is 4. The monoisotopic (exact) mass is 288 g/mol. The molecule has 1 saturated heterocycles. The van der Waals surface area contributed by atoms with Gasteiger partial charge in [-0.25, -0.2) is 9.97 Å². The van der Waals surface area contributed by atoms with Crippen LogP contribution in [0.5, 0.6) is 0 Å². The average molecular weight is 289 g/mol. The highest BCUT2D eigenvalue weighted by Crippen LogP contribution is 2.24. The van der Waals surface area contributed by atoms with Gasteiger partial charge in [0, 0.05) is 31.2 Å². The molecular formula is C14H13ClN4O. The third-order valence-electron chi connectivity index (χ3n) is 3.23. The van der Waals surface area contributed by atoms with Gasteiger partial charge in [0.05, 0.1) is 11.4 Å². The van der Waals surface area contributed by atoms with Gasteiger partial charge >= 0.3 is 0 Å². The van der Waals surface area contributed by atoms with Gasteiger partial charge in [-0.1, -0.05) is 6.07 Å². The molecule has 1 amide bonds. The molecule has 1 fully saturated rings. The Balaban J connectivity index is 1.91. The van der Waals surface area contributed by atoms with E-state index in [9.17, 15) is 4.79 Å². The van der Waals surface area contributed by atoms with Crippen LogP contribution in [0.2, 0.25) is 0 Å². The van der Waals surface area contributed by atoms with Crippen LogP contribution in [0.3, 0.4) is 0 Å². The van der Waals surface area contributed by atoms with Gasteiger partial charge in [0.25, 0.3) is 0 Å². The van der Waals surface area contributed by atoms with Crippen molar-refractivity contribution in [1.29, 1.82) is 0 Å². The molecule has 1 aliphatic heterocycles. The Labute approximate surface area is 121 Å². The molecule has 102 valence electrons. The van der Waals surface area contributed by atoms with Crippen molar-refractivity contribution in [3.05, 3.63) is 36.7 Å². The van der Waals surface area contributed by atoms with Gasteiger partial charge in [0.2, 0.25) is 11.9 Å². The van der Waals surface area contributed by atoms with Gasteiger partial charge in [-0.2, -0.15) is 0 Å². The number of alkyl halides is 1. The summed E-state index contributed by atoms with van der Waals surface area (Å²) in [6.07, 6.45) is 3.82. The van der Waals surface area contributed by atoms with E-state index in [-0.39, 0.29) is 11.8 Å². The molecule has 6 heteroatoms. The summed E-state index contributed by atoms with van der Waals surface area (Å²) in [4.78, 5) is 26.4. The lowest BCUT2D eigenvalue weighted by Gasteiger charge is -2.14. The number of hydrogen-bond donors (Lipinski definition) is 0. The second kappa shape index (κ2) is 5.54. The second-order valence-corrected chi connectivity index (χ2v) is 4.99. The van der Waals surface area contributed by atoms with Crippen molar-refractivity contribution in [2.45, 2.75) is 6.42 Å². The summed E-state index contributed by atoms with van der Waals surface area (Å²) in [5.74, 6) is 1.09. The van der Waals surface area contributed by atoms with E-state index in [0.29, 0.717) is 30.5 Å². The average Bonchev–Trinajstić information content (AvgIpc) is 2.89. The fraction of sp³-hybridized carbons (Fsp3) is 0.286. The minimum atomic E-state index is 0.0221. The number of rotatable bonds is 3. The van der Waals surface area contributed by atoms with E-state index in [1.165, 1.54) is 0 Å². The zero-order valence-electron chi connectivity index (χ0n) is 10.7. The first-order valence-electron chi connectivity index (χ1n) is 6.38. The molecule has 0 saturated carbocycles. The Morgan fingerprint density at radius 2 is 2.10 bits per heavy atom. The molecule has 3 rings (SSSR count). The fourth-order valence-corrected chi connectivity index (χ4v) is 2.42. The zero-order chi connectivity index (χ0) is 13.9. The number of nitrogens with zero attached hydrogens (tertiary/aromatic N) is 4. The molecule has 0 N–H and O–H groups in total. The lowest BCUT2D eigenvalue weighted by Crippen LogP contribution is -2.26. The van der Waals surface area contributed by atoms with E-state index >= 15 is 0 Å². The number of amides is 1. The Bertz CT molecular complexity index is 620. The maximum Gasteiger partial charge on any atom is 0.232 e. The molecule has 1 aliphatic rings. The predicted octanol–water partition coefficient (Wildman–Crippen LogP) is 2.13. The van der Waals surface area contributed by atoms with Crippen molar-refractivity contribution >= 4 is 23.5 Å². The van der Waals surface area contributed by atoms with Crippen LogP contribution in [-0.2, 0) is 4.79 Å². The summed E-state index contributed by atoms with van der Waals surface area (Å²) in [6.45, 7) is 0.577. The molecule has 1 atom stereocenters. The van der Waals surface area contributed by atoms with Crippen LogP contribution < -0.4 is 4.90 Å². The van der Waals surface area contributed by atoms with Gasteiger partial charge in [-0.3, -0.25) is 14.7 Å². The first-order chi connectivity index (χ1) is 9.78. The van der Waals surface area contributed by atoms with Crippen molar-refractivity contribution in [1.82, 2.24) is 15.0 Å². The molecule has 0 spiro atoms. The van der Waals surface area contributed by atoms with Crippen molar-refractivity contribution in [2.24, 2.45) is 5.92 Å². The third kappa shape index (κ3) is 2.49. The van der Waals surface area contributed by atoms with E-state index in [1.807, 2.05) is 18.2 Å². The van der Waals surface area contributed by atoms with Crippen LogP contribution in [-0.4, -0.2) is 33.3 Å². The molecule has 5 nitrogen and oxygen atoms in total. The highest BCUT2D eigenvalue weighted by molar-refractivity contribution is 6.18. The van der Waals surface area contributed by atoms with Gasteiger partial charge in [-0.15, -0.1) is 11.6 Å². The number of pyridine rings is 1. The number of anilines is 1. The first kappa shape index (κ1) is 13.0. The molecule has 0 bridgehead atoms. The lowest BCUT2D eigenvalue weighted by molar-refractivity contribution is -0.117. The topological polar surface area (TPSA) is 59.0 Å². The van der Waals surface area contributed by atoms with E-state index in [4.69, 9.17) is 11.6 Å². The predicted molar refractivity (Wildman–Crippen MR) is 76.4 cm³/mol. The molecular weight excluding hydrogens is 276 g/mol. The Morgan fingerprint density at radius 1 is 1.20 bits per heavy atom. The summed E-state index contributed by atoms with van der Waals surface area (Å²) < 4.78 is 0. The summed E-state index contributed by atoms with van der Waals surface area (Å²) >= 11 is 5.82. The maximum absolute atomic E-state index is 12.0. The molecule has 0 aliphatic carbocycles. The van der Waals surface area contributed by atoms with Crippen LogP contribution in [0.4, 0.5) is 5.95 Å². The number of carbonyl (C=O) groups is 1. The van der Waals surface area contributed by atoms with E-state index in [0.717, 1.165) is 5.69 Å². The molecule has 2 aromatic rings. The third-order valence-corrected chi connectivity index (χ3v) is 3.67. The molecule has 1 unspecified atom stereocenters. The van der Waals surface area contributed by atoms with Gasteiger partial charge in [0.1, 0.15) is 0 Å². The Kier molecular flexibility index (Phi) is 3.60. The lowest BCUT2D eigenvalue weighted by atomic mass is 10.2. The van der Waals surface area contributed by atoms with Gasteiger partial charge in [-0.05, 0) is 24.1 Å². The normalized spacial score (nSPS) is 18.6. The summed E-state index contributed by atoms with van der Waals surface area (Å²) in [6, 6.07) is 7.40. The number of carbonyl (C=O) groups excluding carboxylic acids is 1. The zero-order valence-corrected chi connectivity index (χ0v) is 11.5. The van der Waals surface area contributed by atoms with Crippen LogP contribution >= 0.6 is 11.6 Å². The summed E-state index contributed by atoms with van der Waals surface area (Å²) in [5, 5.41) is 0. The first-order valence-corrected chi connectivity index (χ1v) is 6.92. The molecule has 0 aromatic carbocycles. The molecule has 0 radical (unpaired) electrons. The minimum Gasteiger partial charge on any atom is -0.280 e. The number of halogens is 1. The second-order valence-electron chi connectivity index (χ2n) is 4.69. The van der Waals surface area contributed by atoms with E-state index in [1.54, 1.807) is 23.4 Å². The maximum atomic E-state index is 12.0. The summed E-state index contributed by atoms with van der Waals surface area (Å²) in [5.41, 5.74) is 1.47. The highest BCUT2D eigenvalue weighted by atomic mass is 35.5.